The second-order valence-electron chi connectivity index (χ2n) is 10.6. The van der Waals surface area contributed by atoms with Crippen molar-refractivity contribution >= 4 is 21.8 Å². The molecule has 0 fully saturated rings. The molecule has 5 heteroatoms. The van der Waals surface area contributed by atoms with Crippen molar-refractivity contribution in [1.29, 1.82) is 0 Å². The monoisotopic (exact) mass is 574 g/mol. The van der Waals surface area contributed by atoms with E-state index in [1.807, 2.05) is 97.1 Å². The Bertz CT molecular complexity index is 2050. The van der Waals surface area contributed by atoms with Crippen LogP contribution in [0.15, 0.2) is 140 Å². The molecule has 0 atom stereocenters. The summed E-state index contributed by atoms with van der Waals surface area (Å²) >= 11 is 0. The van der Waals surface area contributed by atoms with Crippen LogP contribution < -0.4 is 9.47 Å². The molecule has 2 aromatic heterocycles. The van der Waals surface area contributed by atoms with Gasteiger partial charge in [0.1, 0.15) is 24.7 Å². The fourth-order valence-corrected chi connectivity index (χ4v) is 5.45. The highest BCUT2D eigenvalue weighted by Gasteiger charge is 2.13. The first kappa shape index (κ1) is 27.3. The average molecular weight is 575 g/mol. The smallest absolute Gasteiger partial charge is 0.130 e. The Morgan fingerprint density at radius 1 is 0.477 bits per heavy atom. The third-order valence-electron chi connectivity index (χ3n) is 7.72. The van der Waals surface area contributed by atoms with Crippen LogP contribution in [0.2, 0.25) is 0 Å². The summed E-state index contributed by atoms with van der Waals surface area (Å²) in [6.45, 7) is 0.712. The van der Waals surface area contributed by atoms with Gasteiger partial charge in [0, 0.05) is 10.8 Å². The molecule has 7 aromatic rings. The molecule has 0 saturated carbocycles. The van der Waals surface area contributed by atoms with E-state index >= 15 is 0 Å². The fraction of sp³-hybridized carbons (Fsp3) is 0.0769. The van der Waals surface area contributed by atoms with E-state index in [9.17, 15) is 5.11 Å². The van der Waals surface area contributed by atoms with Crippen molar-refractivity contribution in [3.05, 3.63) is 156 Å². The van der Waals surface area contributed by atoms with Gasteiger partial charge in [0.05, 0.1) is 29.0 Å². The van der Waals surface area contributed by atoms with Crippen molar-refractivity contribution in [2.24, 2.45) is 0 Å². The van der Waals surface area contributed by atoms with E-state index in [-0.39, 0.29) is 6.61 Å². The number of hydrogen-bond acceptors (Lipinski definition) is 5. The lowest BCUT2D eigenvalue weighted by Gasteiger charge is -2.16. The van der Waals surface area contributed by atoms with Crippen LogP contribution in [-0.4, -0.2) is 15.1 Å². The van der Waals surface area contributed by atoms with Crippen molar-refractivity contribution in [2.75, 3.05) is 0 Å². The number of ether oxygens (including phenoxy) is 2. The molecule has 5 nitrogen and oxygen atoms in total. The molecule has 44 heavy (non-hydrogen) atoms. The Morgan fingerprint density at radius 3 is 1.55 bits per heavy atom. The summed E-state index contributed by atoms with van der Waals surface area (Å²) in [6, 6.07) is 46.4. The number of fused-ring (bicyclic) bond motifs is 2. The summed E-state index contributed by atoms with van der Waals surface area (Å²) in [5.74, 6) is 1.53. The highest BCUT2D eigenvalue weighted by Crippen LogP contribution is 2.36. The minimum Gasteiger partial charge on any atom is -0.487 e. The summed E-state index contributed by atoms with van der Waals surface area (Å²) in [5.41, 5.74) is 8.60. The summed E-state index contributed by atoms with van der Waals surface area (Å²) in [5, 5.41) is 12.4. The lowest BCUT2D eigenvalue weighted by atomic mass is 9.90. The topological polar surface area (TPSA) is 64.5 Å². The number of pyridine rings is 2. The number of aromatic nitrogens is 2. The summed E-state index contributed by atoms with van der Waals surface area (Å²) in [6.07, 6.45) is 0. The molecule has 5 aromatic carbocycles. The minimum absolute atomic E-state index is 0.0605. The number of nitrogens with zero attached hydrogens (tertiary/aromatic N) is 2. The predicted molar refractivity (Wildman–Crippen MR) is 175 cm³/mol. The van der Waals surface area contributed by atoms with Crippen LogP contribution >= 0.6 is 0 Å². The molecular formula is C39H30N2O3. The van der Waals surface area contributed by atoms with Crippen LogP contribution in [0, 0.1) is 0 Å². The minimum atomic E-state index is -0.0605. The summed E-state index contributed by atoms with van der Waals surface area (Å²) < 4.78 is 12.1. The SMILES string of the molecule is OCc1cccc(-c2ccc(OCc3ccc4ccccc4n3)cc2)c1-c1ccc(OCc2ccc3ccccc3n2)cc1. The van der Waals surface area contributed by atoms with Gasteiger partial charge in [0.15, 0.2) is 0 Å². The first-order valence-electron chi connectivity index (χ1n) is 14.6. The largest absolute Gasteiger partial charge is 0.487 e. The molecule has 7 rings (SSSR count). The van der Waals surface area contributed by atoms with Gasteiger partial charge in [-0.1, -0.05) is 91.0 Å². The van der Waals surface area contributed by atoms with E-state index in [0.717, 1.165) is 72.5 Å². The molecule has 0 amide bonds. The van der Waals surface area contributed by atoms with Crippen LogP contribution in [0.5, 0.6) is 11.5 Å². The third kappa shape index (κ3) is 5.87. The van der Waals surface area contributed by atoms with Crippen LogP contribution in [0.3, 0.4) is 0 Å². The van der Waals surface area contributed by atoms with E-state index in [2.05, 4.69) is 42.5 Å². The number of aliphatic hydroxyl groups is 1. The van der Waals surface area contributed by atoms with Gasteiger partial charge in [-0.05, 0) is 76.3 Å². The molecule has 0 spiro atoms. The quantitative estimate of drug-likeness (QED) is 0.187. The van der Waals surface area contributed by atoms with Crippen LogP contribution in [0.25, 0.3) is 44.1 Å². The number of hydrogen-bond donors (Lipinski definition) is 1. The lowest BCUT2D eigenvalue weighted by molar-refractivity contribution is 0.282. The van der Waals surface area contributed by atoms with Crippen LogP contribution in [0.1, 0.15) is 17.0 Å². The zero-order valence-corrected chi connectivity index (χ0v) is 24.1. The molecule has 0 unspecified atom stereocenters. The average Bonchev–Trinajstić information content (AvgIpc) is 3.10. The summed E-state index contributed by atoms with van der Waals surface area (Å²) in [4.78, 5) is 9.41. The van der Waals surface area contributed by atoms with Crippen molar-refractivity contribution < 1.29 is 14.6 Å². The van der Waals surface area contributed by atoms with E-state index < -0.39 is 0 Å². The van der Waals surface area contributed by atoms with Gasteiger partial charge >= 0.3 is 0 Å². The first-order valence-corrected chi connectivity index (χ1v) is 14.6. The van der Waals surface area contributed by atoms with E-state index in [4.69, 9.17) is 19.4 Å². The number of benzene rings is 5. The second-order valence-corrected chi connectivity index (χ2v) is 10.6. The van der Waals surface area contributed by atoms with Gasteiger partial charge < -0.3 is 14.6 Å². The zero-order valence-electron chi connectivity index (χ0n) is 24.1. The maximum atomic E-state index is 10.2. The molecule has 0 bridgehead atoms. The van der Waals surface area contributed by atoms with E-state index in [1.54, 1.807) is 0 Å². The number of para-hydroxylation sites is 2. The molecule has 1 N–H and O–H groups in total. The van der Waals surface area contributed by atoms with Crippen molar-refractivity contribution in [3.63, 3.8) is 0 Å². The van der Waals surface area contributed by atoms with Crippen LogP contribution in [0.4, 0.5) is 0 Å². The Morgan fingerprint density at radius 2 is 1.00 bits per heavy atom. The Balaban J connectivity index is 1.07. The highest BCUT2D eigenvalue weighted by atomic mass is 16.5. The standard InChI is InChI=1S/C39H30N2O3/c42-24-31-8-5-9-36(27-14-20-34(21-15-27)43-25-32-18-12-28-6-1-3-10-37(28)40-32)39(31)30-16-22-35(23-17-30)44-26-33-19-13-29-7-2-4-11-38(29)41-33/h1-23,42H,24-26H2. The van der Waals surface area contributed by atoms with E-state index in [0.29, 0.717) is 13.2 Å². The van der Waals surface area contributed by atoms with E-state index in [1.165, 1.54) is 0 Å². The zero-order chi connectivity index (χ0) is 29.7. The second kappa shape index (κ2) is 12.4. The van der Waals surface area contributed by atoms with Crippen molar-refractivity contribution in [1.82, 2.24) is 9.97 Å². The number of aliphatic hydroxyl groups excluding tert-OH is 1. The molecule has 0 aliphatic rings. The molecule has 2 heterocycles. The van der Waals surface area contributed by atoms with Gasteiger partial charge in [-0.3, -0.25) is 0 Å². The van der Waals surface area contributed by atoms with Gasteiger partial charge in [-0.25, -0.2) is 9.97 Å². The normalized spacial score (nSPS) is 11.1. The molecule has 214 valence electrons. The fourth-order valence-electron chi connectivity index (χ4n) is 5.45. The van der Waals surface area contributed by atoms with Gasteiger partial charge in [-0.15, -0.1) is 0 Å². The maximum absolute atomic E-state index is 10.2. The molecule has 0 aliphatic carbocycles. The summed E-state index contributed by atoms with van der Waals surface area (Å²) in [7, 11) is 0. The molecule has 0 saturated heterocycles. The van der Waals surface area contributed by atoms with Gasteiger partial charge in [0.25, 0.3) is 0 Å². The first-order chi connectivity index (χ1) is 21.7. The third-order valence-corrected chi connectivity index (χ3v) is 7.72. The Labute approximate surface area is 256 Å². The number of rotatable bonds is 9. The Kier molecular flexibility index (Phi) is 7.69. The molecule has 0 radical (unpaired) electrons. The maximum Gasteiger partial charge on any atom is 0.130 e. The predicted octanol–water partition coefficient (Wildman–Crippen LogP) is 8.77. The van der Waals surface area contributed by atoms with Crippen molar-refractivity contribution in [3.8, 4) is 33.8 Å². The van der Waals surface area contributed by atoms with Gasteiger partial charge in [0.2, 0.25) is 0 Å². The highest BCUT2D eigenvalue weighted by molar-refractivity contribution is 5.86. The molecule has 0 aliphatic heterocycles. The molecular weight excluding hydrogens is 544 g/mol. The van der Waals surface area contributed by atoms with Crippen molar-refractivity contribution in [2.45, 2.75) is 19.8 Å². The van der Waals surface area contributed by atoms with Gasteiger partial charge in [-0.2, -0.15) is 0 Å². The van der Waals surface area contributed by atoms with Crippen LogP contribution in [-0.2, 0) is 19.8 Å². The Hall–Kier alpha value is -5.52. The lowest BCUT2D eigenvalue weighted by Crippen LogP contribution is -1.99.